The highest BCUT2D eigenvalue weighted by Crippen LogP contribution is 2.30. The van der Waals surface area contributed by atoms with Crippen LogP contribution in [0, 0.1) is 6.92 Å². The van der Waals surface area contributed by atoms with Crippen LogP contribution in [0.15, 0.2) is 54.6 Å². The largest absolute Gasteiger partial charge is 0.494 e. The molecule has 1 aliphatic heterocycles. The molecule has 0 spiro atoms. The molecule has 174 valence electrons. The Labute approximate surface area is 200 Å². The molecule has 0 saturated carbocycles. The summed E-state index contributed by atoms with van der Waals surface area (Å²) in [4.78, 5) is 23.5. The van der Waals surface area contributed by atoms with E-state index < -0.39 is 0 Å². The van der Waals surface area contributed by atoms with Crippen LogP contribution >= 0.6 is 11.3 Å². The number of benzene rings is 2. The predicted octanol–water partition coefficient (Wildman–Crippen LogP) is 4.24. The van der Waals surface area contributed by atoms with E-state index >= 15 is 0 Å². The van der Waals surface area contributed by atoms with Gasteiger partial charge in [-0.15, -0.1) is 11.3 Å². The zero-order valence-corrected chi connectivity index (χ0v) is 20.4. The number of nitrogens with one attached hydrogen (secondary N) is 1. The van der Waals surface area contributed by atoms with Gasteiger partial charge in [-0.05, 0) is 50.7 Å². The molecule has 0 aliphatic carbocycles. The number of thiazole rings is 1. The molecule has 33 heavy (non-hydrogen) atoms. The van der Waals surface area contributed by atoms with Crippen molar-refractivity contribution in [3.05, 3.63) is 70.7 Å². The van der Waals surface area contributed by atoms with E-state index in [0.717, 1.165) is 60.3 Å². The molecule has 1 saturated heterocycles. The standard InChI is InChI=1S/C26H32N4O2S/c1-4-32-22-12-10-21(11-13-22)26-27-19(2)24(33-26)25(31)28-23(20-8-6-5-7-9-20)18-30-16-14-29(3)15-17-30/h5-13,23H,4,14-18H2,1-3H3,(H,28,31). The quantitative estimate of drug-likeness (QED) is 0.541. The third-order valence-corrected chi connectivity index (χ3v) is 7.16. The fourth-order valence-electron chi connectivity index (χ4n) is 4.02. The highest BCUT2D eigenvalue weighted by Gasteiger charge is 2.24. The lowest BCUT2D eigenvalue weighted by molar-refractivity contribution is 0.0910. The molecule has 1 atom stereocenters. The maximum Gasteiger partial charge on any atom is 0.263 e. The minimum Gasteiger partial charge on any atom is -0.494 e. The molecule has 1 aromatic heterocycles. The summed E-state index contributed by atoms with van der Waals surface area (Å²) in [6.07, 6.45) is 0. The Morgan fingerprint density at radius 3 is 2.45 bits per heavy atom. The van der Waals surface area contributed by atoms with E-state index in [1.54, 1.807) is 0 Å². The number of carbonyl (C=O) groups is 1. The zero-order chi connectivity index (χ0) is 23.2. The van der Waals surface area contributed by atoms with E-state index in [4.69, 9.17) is 4.74 Å². The fraction of sp³-hybridized carbons (Fsp3) is 0.385. The third-order valence-electron chi connectivity index (χ3n) is 5.96. The average Bonchev–Trinajstić information content (AvgIpc) is 3.23. The van der Waals surface area contributed by atoms with Crippen molar-refractivity contribution in [1.82, 2.24) is 20.1 Å². The number of aryl methyl sites for hydroxylation is 1. The van der Waals surface area contributed by atoms with Crippen LogP contribution in [0.1, 0.15) is 33.9 Å². The highest BCUT2D eigenvalue weighted by atomic mass is 32.1. The van der Waals surface area contributed by atoms with Crippen molar-refractivity contribution in [2.45, 2.75) is 19.9 Å². The first-order valence-electron chi connectivity index (χ1n) is 11.5. The lowest BCUT2D eigenvalue weighted by atomic mass is 10.1. The van der Waals surface area contributed by atoms with Gasteiger partial charge in [0, 0.05) is 38.3 Å². The monoisotopic (exact) mass is 464 g/mol. The summed E-state index contributed by atoms with van der Waals surface area (Å²) in [5.74, 6) is 0.771. The van der Waals surface area contributed by atoms with Crippen LogP contribution < -0.4 is 10.1 Å². The third kappa shape index (κ3) is 5.99. The van der Waals surface area contributed by atoms with Gasteiger partial charge >= 0.3 is 0 Å². The van der Waals surface area contributed by atoms with Crippen LogP contribution in [0.4, 0.5) is 0 Å². The fourth-order valence-corrected chi connectivity index (χ4v) is 5.00. The van der Waals surface area contributed by atoms with Gasteiger partial charge in [0.25, 0.3) is 5.91 Å². The number of carbonyl (C=O) groups excluding carboxylic acids is 1. The Kier molecular flexibility index (Phi) is 7.75. The minimum atomic E-state index is -0.0717. The lowest BCUT2D eigenvalue weighted by Gasteiger charge is -2.35. The molecule has 1 aliphatic rings. The van der Waals surface area contributed by atoms with Gasteiger partial charge in [0.05, 0.1) is 18.3 Å². The van der Waals surface area contributed by atoms with Crippen molar-refractivity contribution in [3.63, 3.8) is 0 Å². The molecule has 1 unspecified atom stereocenters. The van der Waals surface area contributed by atoms with Crippen molar-refractivity contribution < 1.29 is 9.53 Å². The Morgan fingerprint density at radius 2 is 1.79 bits per heavy atom. The molecule has 6 nitrogen and oxygen atoms in total. The topological polar surface area (TPSA) is 57.7 Å². The number of hydrogen-bond acceptors (Lipinski definition) is 6. The van der Waals surface area contributed by atoms with Gasteiger partial charge in [-0.25, -0.2) is 4.98 Å². The maximum atomic E-state index is 13.3. The molecule has 1 amide bonds. The molecule has 2 heterocycles. The van der Waals surface area contributed by atoms with Gasteiger partial charge in [0.1, 0.15) is 15.6 Å². The smallest absolute Gasteiger partial charge is 0.263 e. The van der Waals surface area contributed by atoms with E-state index in [2.05, 4.69) is 39.3 Å². The summed E-state index contributed by atoms with van der Waals surface area (Å²) in [6.45, 7) is 9.43. The normalized spacial score (nSPS) is 15.8. The van der Waals surface area contributed by atoms with E-state index in [-0.39, 0.29) is 11.9 Å². The van der Waals surface area contributed by atoms with E-state index in [1.165, 1.54) is 11.3 Å². The molecule has 0 bridgehead atoms. The second-order valence-corrected chi connectivity index (χ2v) is 9.43. The minimum absolute atomic E-state index is 0.0647. The lowest BCUT2D eigenvalue weighted by Crippen LogP contribution is -2.47. The number of ether oxygens (including phenoxy) is 1. The van der Waals surface area contributed by atoms with Crippen molar-refractivity contribution in [2.75, 3.05) is 46.4 Å². The summed E-state index contributed by atoms with van der Waals surface area (Å²) in [7, 11) is 2.16. The SMILES string of the molecule is CCOc1ccc(-c2nc(C)c(C(=O)NC(CN3CCN(C)CC3)c3ccccc3)s2)cc1. The number of nitrogens with zero attached hydrogens (tertiary/aromatic N) is 3. The van der Waals surface area contributed by atoms with Gasteiger partial charge < -0.3 is 15.0 Å². The van der Waals surface area contributed by atoms with Gasteiger partial charge in [0.2, 0.25) is 0 Å². The molecule has 7 heteroatoms. The molecule has 3 aromatic rings. The number of amides is 1. The Morgan fingerprint density at radius 1 is 1.09 bits per heavy atom. The highest BCUT2D eigenvalue weighted by molar-refractivity contribution is 7.17. The summed E-state index contributed by atoms with van der Waals surface area (Å²) in [6, 6.07) is 18.0. The number of aromatic nitrogens is 1. The first kappa shape index (κ1) is 23.4. The molecular weight excluding hydrogens is 432 g/mol. The van der Waals surface area contributed by atoms with Crippen molar-refractivity contribution >= 4 is 17.2 Å². The molecule has 4 rings (SSSR count). The molecular formula is C26H32N4O2S. The number of likely N-dealkylation sites (N-methyl/N-ethyl adjacent to an activating group) is 1. The molecule has 1 fully saturated rings. The second kappa shape index (κ2) is 10.9. The summed E-state index contributed by atoms with van der Waals surface area (Å²) in [5.41, 5.74) is 2.87. The van der Waals surface area contributed by atoms with Crippen LogP contribution in [0.2, 0.25) is 0 Å². The van der Waals surface area contributed by atoms with E-state index in [1.807, 2.05) is 56.3 Å². The summed E-state index contributed by atoms with van der Waals surface area (Å²) in [5, 5.41) is 4.14. The van der Waals surface area contributed by atoms with Crippen LogP contribution in [0.5, 0.6) is 5.75 Å². The number of piperazine rings is 1. The predicted molar refractivity (Wildman–Crippen MR) is 134 cm³/mol. The Balaban J connectivity index is 1.50. The first-order chi connectivity index (χ1) is 16.0. The van der Waals surface area contributed by atoms with Crippen molar-refractivity contribution in [1.29, 1.82) is 0 Å². The number of rotatable bonds is 8. The van der Waals surface area contributed by atoms with Crippen LogP contribution in [0.3, 0.4) is 0 Å². The van der Waals surface area contributed by atoms with E-state index in [0.29, 0.717) is 11.5 Å². The first-order valence-corrected chi connectivity index (χ1v) is 12.3. The summed E-state index contributed by atoms with van der Waals surface area (Å²) < 4.78 is 5.53. The van der Waals surface area contributed by atoms with Gasteiger partial charge in [-0.1, -0.05) is 30.3 Å². The second-order valence-electron chi connectivity index (χ2n) is 8.43. The van der Waals surface area contributed by atoms with Crippen LogP contribution in [-0.2, 0) is 0 Å². The van der Waals surface area contributed by atoms with Crippen LogP contribution in [-0.4, -0.2) is 67.1 Å². The Bertz CT molecular complexity index is 1040. The maximum absolute atomic E-state index is 13.3. The van der Waals surface area contributed by atoms with Crippen LogP contribution in [0.25, 0.3) is 10.6 Å². The van der Waals surface area contributed by atoms with Crippen molar-refractivity contribution in [2.24, 2.45) is 0 Å². The number of hydrogen-bond donors (Lipinski definition) is 1. The average molecular weight is 465 g/mol. The van der Waals surface area contributed by atoms with E-state index in [9.17, 15) is 4.79 Å². The van der Waals surface area contributed by atoms with Gasteiger partial charge in [-0.3, -0.25) is 9.69 Å². The Hall–Kier alpha value is -2.74. The molecule has 0 radical (unpaired) electrons. The van der Waals surface area contributed by atoms with Crippen molar-refractivity contribution in [3.8, 4) is 16.3 Å². The van der Waals surface area contributed by atoms with Gasteiger partial charge in [0.15, 0.2) is 0 Å². The molecule has 2 aromatic carbocycles. The summed E-state index contributed by atoms with van der Waals surface area (Å²) >= 11 is 1.44. The van der Waals surface area contributed by atoms with Gasteiger partial charge in [-0.2, -0.15) is 0 Å². The zero-order valence-electron chi connectivity index (χ0n) is 19.6. The molecule has 1 N–H and O–H groups in total.